The fourth-order valence-electron chi connectivity index (χ4n) is 3.81. The van der Waals surface area contributed by atoms with Crippen LogP contribution in [-0.2, 0) is 14.4 Å². The van der Waals surface area contributed by atoms with Crippen LogP contribution in [0.4, 0.5) is 11.4 Å². The molecule has 0 radical (unpaired) electrons. The number of amides is 3. The van der Waals surface area contributed by atoms with Crippen LogP contribution in [0.2, 0.25) is 0 Å². The molecule has 0 aromatic heterocycles. The van der Waals surface area contributed by atoms with E-state index in [0.29, 0.717) is 11.4 Å². The molecule has 1 N–H and O–H groups in total. The Bertz CT molecular complexity index is 718. The van der Waals surface area contributed by atoms with Gasteiger partial charge in [0.25, 0.3) is 0 Å². The lowest BCUT2D eigenvalue weighted by Crippen LogP contribution is -2.49. The molecule has 3 rings (SSSR count). The Balaban J connectivity index is 1.82. The largest absolute Gasteiger partial charge is 0.347 e. The molecule has 0 aliphatic carbocycles. The molecule has 1 aromatic rings. The molecule has 2 heterocycles. The highest BCUT2D eigenvalue weighted by Crippen LogP contribution is 2.31. The molecule has 0 bridgehead atoms. The molecule has 140 valence electrons. The van der Waals surface area contributed by atoms with E-state index in [-0.39, 0.29) is 42.8 Å². The maximum absolute atomic E-state index is 13.1. The summed E-state index contributed by atoms with van der Waals surface area (Å²) >= 11 is 0. The third kappa shape index (κ3) is 3.58. The Morgan fingerprint density at radius 2 is 2.00 bits per heavy atom. The fourth-order valence-corrected chi connectivity index (χ4v) is 3.81. The molecule has 2 aliphatic rings. The van der Waals surface area contributed by atoms with Crippen molar-refractivity contribution in [3.05, 3.63) is 24.3 Å². The van der Waals surface area contributed by atoms with Crippen LogP contribution in [0.5, 0.6) is 0 Å². The van der Waals surface area contributed by atoms with E-state index in [4.69, 9.17) is 0 Å². The molecular weight excluding hydrogens is 332 g/mol. The SMILES string of the molecule is CC1CC(=O)Nc2ccccc2N1C(=O)CN1CCCC1C(=O)N(C)C. The molecule has 0 saturated carbocycles. The van der Waals surface area contributed by atoms with Crippen molar-refractivity contribution >= 4 is 29.1 Å². The van der Waals surface area contributed by atoms with Gasteiger partial charge in [0.15, 0.2) is 0 Å². The second-order valence-corrected chi connectivity index (χ2v) is 7.24. The van der Waals surface area contributed by atoms with Gasteiger partial charge in [-0.05, 0) is 38.4 Å². The molecule has 7 nitrogen and oxygen atoms in total. The van der Waals surface area contributed by atoms with Gasteiger partial charge in [0.1, 0.15) is 0 Å². The minimum Gasteiger partial charge on any atom is -0.347 e. The number of rotatable bonds is 3. The lowest BCUT2D eigenvalue weighted by Gasteiger charge is -2.31. The van der Waals surface area contributed by atoms with Crippen molar-refractivity contribution in [2.24, 2.45) is 0 Å². The van der Waals surface area contributed by atoms with Gasteiger partial charge in [-0.1, -0.05) is 12.1 Å². The monoisotopic (exact) mass is 358 g/mol. The van der Waals surface area contributed by atoms with Crippen LogP contribution in [0.15, 0.2) is 24.3 Å². The number of likely N-dealkylation sites (N-methyl/N-ethyl adjacent to an activating group) is 1. The molecule has 0 spiro atoms. The second kappa shape index (κ2) is 7.45. The van der Waals surface area contributed by atoms with Gasteiger partial charge < -0.3 is 15.1 Å². The van der Waals surface area contributed by atoms with Crippen molar-refractivity contribution in [3.63, 3.8) is 0 Å². The van der Waals surface area contributed by atoms with Crippen molar-refractivity contribution in [1.82, 2.24) is 9.80 Å². The number of hydrogen-bond acceptors (Lipinski definition) is 4. The molecule has 2 aliphatic heterocycles. The van der Waals surface area contributed by atoms with Gasteiger partial charge in [-0.15, -0.1) is 0 Å². The van der Waals surface area contributed by atoms with E-state index in [1.807, 2.05) is 30.0 Å². The average Bonchev–Trinajstić information content (AvgIpc) is 2.98. The predicted molar refractivity (Wildman–Crippen MR) is 99.9 cm³/mol. The number of anilines is 2. The highest BCUT2D eigenvalue weighted by Gasteiger charge is 2.36. The summed E-state index contributed by atoms with van der Waals surface area (Å²) in [5, 5.41) is 2.87. The first-order valence-electron chi connectivity index (χ1n) is 9.04. The van der Waals surface area contributed by atoms with E-state index in [2.05, 4.69) is 5.32 Å². The quantitative estimate of drug-likeness (QED) is 0.884. The highest BCUT2D eigenvalue weighted by molar-refractivity contribution is 6.05. The summed E-state index contributed by atoms with van der Waals surface area (Å²) in [5.41, 5.74) is 1.36. The van der Waals surface area contributed by atoms with Crippen LogP contribution in [0.25, 0.3) is 0 Å². The maximum Gasteiger partial charge on any atom is 0.241 e. The number of likely N-dealkylation sites (tertiary alicyclic amines) is 1. The van der Waals surface area contributed by atoms with E-state index in [1.54, 1.807) is 30.0 Å². The first-order chi connectivity index (χ1) is 12.4. The predicted octanol–water partition coefficient (Wildman–Crippen LogP) is 1.30. The van der Waals surface area contributed by atoms with Gasteiger partial charge in [0.2, 0.25) is 17.7 Å². The van der Waals surface area contributed by atoms with Crippen molar-refractivity contribution in [2.45, 2.75) is 38.3 Å². The molecule has 3 amide bonds. The van der Waals surface area contributed by atoms with E-state index in [1.165, 1.54) is 0 Å². The lowest BCUT2D eigenvalue weighted by molar-refractivity contribution is -0.134. The third-order valence-electron chi connectivity index (χ3n) is 5.06. The van der Waals surface area contributed by atoms with Crippen molar-refractivity contribution in [1.29, 1.82) is 0 Å². The Morgan fingerprint density at radius 3 is 2.73 bits per heavy atom. The third-order valence-corrected chi connectivity index (χ3v) is 5.06. The number of carbonyl (C=O) groups excluding carboxylic acids is 3. The number of para-hydroxylation sites is 2. The summed E-state index contributed by atoms with van der Waals surface area (Å²) in [7, 11) is 3.48. The zero-order valence-corrected chi connectivity index (χ0v) is 15.6. The molecular formula is C19H26N4O3. The number of fused-ring (bicyclic) bond motifs is 1. The van der Waals surface area contributed by atoms with Crippen LogP contribution in [-0.4, -0.2) is 66.8 Å². The van der Waals surface area contributed by atoms with Crippen LogP contribution in [0.3, 0.4) is 0 Å². The Morgan fingerprint density at radius 1 is 1.27 bits per heavy atom. The summed E-state index contributed by atoms with van der Waals surface area (Å²) in [6, 6.07) is 6.87. The van der Waals surface area contributed by atoms with Crippen LogP contribution >= 0.6 is 0 Å². The van der Waals surface area contributed by atoms with Crippen LogP contribution < -0.4 is 10.2 Å². The zero-order valence-electron chi connectivity index (χ0n) is 15.6. The summed E-state index contributed by atoms with van der Waals surface area (Å²) in [5.74, 6) is -0.140. The van der Waals surface area contributed by atoms with Crippen LogP contribution in [0, 0.1) is 0 Å². The first kappa shape index (κ1) is 18.4. The molecule has 2 atom stereocenters. The minimum absolute atomic E-state index is 0.0384. The fraction of sp³-hybridized carbons (Fsp3) is 0.526. The second-order valence-electron chi connectivity index (χ2n) is 7.24. The molecule has 1 saturated heterocycles. The summed E-state index contributed by atoms with van der Waals surface area (Å²) in [4.78, 5) is 42.8. The van der Waals surface area contributed by atoms with Crippen molar-refractivity contribution in [3.8, 4) is 0 Å². The smallest absolute Gasteiger partial charge is 0.241 e. The van der Waals surface area contributed by atoms with E-state index >= 15 is 0 Å². The van der Waals surface area contributed by atoms with Crippen molar-refractivity contribution < 1.29 is 14.4 Å². The molecule has 2 unspecified atom stereocenters. The number of nitrogens with zero attached hydrogens (tertiary/aromatic N) is 3. The van der Waals surface area contributed by atoms with E-state index in [9.17, 15) is 14.4 Å². The Labute approximate surface area is 153 Å². The molecule has 1 aromatic carbocycles. The number of nitrogens with one attached hydrogen (secondary N) is 1. The van der Waals surface area contributed by atoms with Gasteiger partial charge >= 0.3 is 0 Å². The number of carbonyl (C=O) groups is 3. The lowest BCUT2D eigenvalue weighted by atomic mass is 10.1. The minimum atomic E-state index is -0.244. The normalized spacial score (nSPS) is 23.2. The highest BCUT2D eigenvalue weighted by atomic mass is 16.2. The summed E-state index contributed by atoms with van der Waals surface area (Å²) in [6.45, 7) is 2.79. The van der Waals surface area contributed by atoms with Gasteiger partial charge in [-0.25, -0.2) is 0 Å². The van der Waals surface area contributed by atoms with E-state index in [0.717, 1.165) is 19.4 Å². The van der Waals surface area contributed by atoms with Gasteiger partial charge in [0, 0.05) is 26.6 Å². The van der Waals surface area contributed by atoms with Crippen molar-refractivity contribution in [2.75, 3.05) is 37.4 Å². The molecule has 26 heavy (non-hydrogen) atoms. The van der Waals surface area contributed by atoms with Gasteiger partial charge in [-0.3, -0.25) is 19.3 Å². The van der Waals surface area contributed by atoms with Crippen LogP contribution in [0.1, 0.15) is 26.2 Å². The van der Waals surface area contributed by atoms with Gasteiger partial charge in [0.05, 0.1) is 24.0 Å². The summed E-state index contributed by atoms with van der Waals surface area (Å²) in [6.07, 6.45) is 1.93. The topological polar surface area (TPSA) is 73.0 Å². The van der Waals surface area contributed by atoms with Gasteiger partial charge in [-0.2, -0.15) is 0 Å². The maximum atomic E-state index is 13.1. The Hall–Kier alpha value is -2.41. The molecule has 1 fully saturated rings. The zero-order chi connectivity index (χ0) is 18.8. The molecule has 7 heteroatoms. The summed E-state index contributed by atoms with van der Waals surface area (Å²) < 4.78 is 0. The Kier molecular flexibility index (Phi) is 5.27. The standard InChI is InChI=1S/C19H26N4O3/c1-13-11-17(24)20-14-7-4-5-8-15(14)23(13)18(25)12-22-10-6-9-16(22)19(26)21(2)3/h4-5,7-8,13,16H,6,9-12H2,1-3H3,(H,20,24). The number of benzene rings is 1. The number of hydrogen-bond donors (Lipinski definition) is 1. The first-order valence-corrected chi connectivity index (χ1v) is 9.04. The average molecular weight is 358 g/mol. The van der Waals surface area contributed by atoms with E-state index < -0.39 is 0 Å².